The number of para-hydroxylation sites is 1. The molecule has 1 atom stereocenters. The summed E-state index contributed by atoms with van der Waals surface area (Å²) < 4.78 is 0. The van der Waals surface area contributed by atoms with Crippen molar-refractivity contribution in [2.45, 2.75) is 46.0 Å². The van der Waals surface area contributed by atoms with Crippen molar-refractivity contribution >= 4 is 41.1 Å². The van der Waals surface area contributed by atoms with Crippen LogP contribution in [0, 0.1) is 0 Å². The van der Waals surface area contributed by atoms with Gasteiger partial charge < -0.3 is 0 Å². The Morgan fingerprint density at radius 3 is 1.89 bits per heavy atom. The largest absolute Gasteiger partial charge is 0.282 e. The molecule has 188 valence electrons. The molecule has 3 heteroatoms. The molecule has 0 amide bonds. The van der Waals surface area contributed by atoms with Crippen LogP contribution >= 0.6 is 7.92 Å². The molecule has 0 fully saturated rings. The highest BCUT2D eigenvalue weighted by atomic mass is 31.1. The van der Waals surface area contributed by atoms with Gasteiger partial charge in [-0.1, -0.05) is 121 Å². The van der Waals surface area contributed by atoms with Crippen LogP contribution in [-0.4, -0.2) is 30.8 Å². The van der Waals surface area contributed by atoms with Crippen molar-refractivity contribution in [2.75, 3.05) is 19.4 Å². The first-order valence-corrected chi connectivity index (χ1v) is 15.5. The number of hydrogen-bond donors (Lipinski definition) is 0. The van der Waals surface area contributed by atoms with Gasteiger partial charge >= 0.3 is 0 Å². The molecular formula is C34H37N2P. The van der Waals surface area contributed by atoms with Gasteiger partial charge in [0.05, 0.1) is 17.1 Å². The van der Waals surface area contributed by atoms with E-state index in [1.807, 2.05) is 0 Å². The lowest BCUT2D eigenvalue weighted by Crippen LogP contribution is -2.12. The summed E-state index contributed by atoms with van der Waals surface area (Å²) in [5.74, 6) is 0.805. The molecule has 0 saturated carbocycles. The molecule has 4 aromatic carbocycles. The van der Waals surface area contributed by atoms with Crippen LogP contribution in [0.2, 0.25) is 0 Å². The molecule has 0 aromatic heterocycles. The predicted octanol–water partition coefficient (Wildman–Crippen LogP) is 8.84. The van der Waals surface area contributed by atoms with Gasteiger partial charge in [0.1, 0.15) is 0 Å². The van der Waals surface area contributed by atoms with E-state index in [4.69, 9.17) is 9.98 Å². The highest BCUT2D eigenvalue weighted by molar-refractivity contribution is 7.64. The maximum absolute atomic E-state index is 5.47. The Balaban J connectivity index is 1.55. The summed E-state index contributed by atoms with van der Waals surface area (Å²) in [5.41, 5.74) is 8.26. The quantitative estimate of drug-likeness (QED) is 0.169. The van der Waals surface area contributed by atoms with Gasteiger partial charge in [0.15, 0.2) is 0 Å². The third-order valence-electron chi connectivity index (χ3n) is 7.32. The molecule has 1 aliphatic rings. The molecule has 0 aliphatic heterocycles. The zero-order valence-electron chi connectivity index (χ0n) is 22.7. The topological polar surface area (TPSA) is 24.7 Å². The van der Waals surface area contributed by atoms with E-state index in [1.165, 1.54) is 44.5 Å². The van der Waals surface area contributed by atoms with Crippen LogP contribution in [0.5, 0.6) is 0 Å². The normalized spacial score (nSPS) is 16.0. The summed E-state index contributed by atoms with van der Waals surface area (Å²) in [7, 11) is -0.154. The molecular weight excluding hydrogens is 467 g/mol. The van der Waals surface area contributed by atoms with Crippen molar-refractivity contribution in [3.8, 4) is 0 Å². The minimum Gasteiger partial charge on any atom is -0.282 e. The Kier molecular flexibility index (Phi) is 7.68. The third kappa shape index (κ3) is 5.18. The second-order valence-electron chi connectivity index (χ2n) is 10.6. The number of aliphatic imine (C=N–C) groups is 2. The molecule has 37 heavy (non-hydrogen) atoms. The van der Waals surface area contributed by atoms with Gasteiger partial charge in [-0.05, 0) is 52.9 Å². The highest BCUT2D eigenvalue weighted by Gasteiger charge is 2.28. The summed E-state index contributed by atoms with van der Waals surface area (Å²) in [6.45, 7) is 12.3. The predicted molar refractivity (Wildman–Crippen MR) is 165 cm³/mol. The van der Waals surface area contributed by atoms with Gasteiger partial charge in [0.25, 0.3) is 0 Å². The maximum atomic E-state index is 5.47. The lowest BCUT2D eigenvalue weighted by molar-refractivity contribution is 0.835. The van der Waals surface area contributed by atoms with E-state index in [0.717, 1.165) is 30.1 Å². The first-order chi connectivity index (χ1) is 18.0. The van der Waals surface area contributed by atoms with Crippen LogP contribution in [0.15, 0.2) is 94.9 Å². The van der Waals surface area contributed by atoms with E-state index < -0.39 is 0 Å². The molecule has 0 heterocycles. The second-order valence-corrected chi connectivity index (χ2v) is 13.0. The van der Waals surface area contributed by atoms with Gasteiger partial charge in [0, 0.05) is 23.1 Å². The number of benzene rings is 4. The average Bonchev–Trinajstić information content (AvgIpc) is 3.21. The molecule has 1 aliphatic carbocycles. The molecule has 0 N–H and O–H groups in total. The Morgan fingerprint density at radius 1 is 0.676 bits per heavy atom. The second kappa shape index (κ2) is 11.1. The van der Waals surface area contributed by atoms with Crippen molar-refractivity contribution in [3.05, 3.63) is 107 Å². The van der Waals surface area contributed by atoms with Crippen LogP contribution in [0.1, 0.15) is 68.2 Å². The number of hydrogen-bond acceptors (Lipinski definition) is 2. The monoisotopic (exact) mass is 504 g/mol. The fourth-order valence-corrected chi connectivity index (χ4v) is 6.88. The van der Waals surface area contributed by atoms with E-state index in [1.54, 1.807) is 0 Å². The van der Waals surface area contributed by atoms with Crippen LogP contribution in [-0.2, 0) is 0 Å². The SMILES string of the molecule is CC(C)c1cccc(C(C)C)c1N=C1C(=NCCCP(C)c2ccccc2)c2cccc3cccc1c23. The smallest absolute Gasteiger partial charge is 0.0974 e. The minimum atomic E-state index is -0.154. The van der Waals surface area contributed by atoms with E-state index in [-0.39, 0.29) is 7.92 Å². The van der Waals surface area contributed by atoms with Crippen molar-refractivity contribution in [1.82, 2.24) is 0 Å². The van der Waals surface area contributed by atoms with Gasteiger partial charge in [-0.25, -0.2) is 4.99 Å². The lowest BCUT2D eigenvalue weighted by atomic mass is 9.92. The molecule has 5 rings (SSSR count). The Hall–Kier alpha value is -3.09. The van der Waals surface area contributed by atoms with Crippen LogP contribution in [0.4, 0.5) is 5.69 Å². The molecule has 0 saturated heterocycles. The highest BCUT2D eigenvalue weighted by Crippen LogP contribution is 2.38. The first kappa shape index (κ1) is 25.6. The molecule has 0 spiro atoms. The third-order valence-corrected chi connectivity index (χ3v) is 9.49. The number of rotatable bonds is 8. The van der Waals surface area contributed by atoms with Crippen LogP contribution in [0.3, 0.4) is 0 Å². The summed E-state index contributed by atoms with van der Waals surface area (Å²) in [5, 5.41) is 4.02. The summed E-state index contributed by atoms with van der Waals surface area (Å²) in [6.07, 6.45) is 2.27. The zero-order chi connectivity index (χ0) is 25.9. The standard InChI is InChI=1S/C34H37N2P/c1-23(2)27-17-11-18-28(24(3)4)32(27)36-34-30-20-10-14-25-13-9-19-29(31(25)30)33(34)35-21-12-22-37(5)26-15-7-6-8-16-26/h6-11,13-20,23-24H,12,21-22H2,1-5H3. The average molecular weight is 505 g/mol. The fraction of sp³-hybridized carbons (Fsp3) is 0.294. The molecule has 0 bridgehead atoms. The van der Waals surface area contributed by atoms with Crippen molar-refractivity contribution in [1.29, 1.82) is 0 Å². The Labute approximate surface area is 223 Å². The van der Waals surface area contributed by atoms with E-state index in [9.17, 15) is 0 Å². The minimum absolute atomic E-state index is 0.154. The van der Waals surface area contributed by atoms with Crippen LogP contribution in [0.25, 0.3) is 10.8 Å². The molecule has 4 aromatic rings. The van der Waals surface area contributed by atoms with E-state index >= 15 is 0 Å². The Morgan fingerprint density at radius 2 is 1.27 bits per heavy atom. The van der Waals surface area contributed by atoms with E-state index in [0.29, 0.717) is 11.8 Å². The van der Waals surface area contributed by atoms with Crippen molar-refractivity contribution < 1.29 is 0 Å². The summed E-state index contributed by atoms with van der Waals surface area (Å²) in [4.78, 5) is 10.7. The molecule has 1 unspecified atom stereocenters. The zero-order valence-corrected chi connectivity index (χ0v) is 23.6. The molecule has 0 radical (unpaired) electrons. The molecule has 2 nitrogen and oxygen atoms in total. The number of nitrogens with zero attached hydrogens (tertiary/aromatic N) is 2. The maximum Gasteiger partial charge on any atom is 0.0974 e. The summed E-state index contributed by atoms with van der Waals surface area (Å²) in [6, 6.07) is 30.7. The summed E-state index contributed by atoms with van der Waals surface area (Å²) >= 11 is 0. The van der Waals surface area contributed by atoms with Crippen LogP contribution < -0.4 is 5.30 Å². The fourth-order valence-electron chi connectivity index (χ4n) is 5.33. The van der Waals surface area contributed by atoms with Crippen molar-refractivity contribution in [2.24, 2.45) is 9.98 Å². The Bertz CT molecular complexity index is 1430. The van der Waals surface area contributed by atoms with Gasteiger partial charge in [-0.3, -0.25) is 4.99 Å². The van der Waals surface area contributed by atoms with Crippen molar-refractivity contribution in [3.63, 3.8) is 0 Å². The van der Waals surface area contributed by atoms with Gasteiger partial charge in [-0.2, -0.15) is 0 Å². The first-order valence-electron chi connectivity index (χ1n) is 13.5. The van der Waals surface area contributed by atoms with Gasteiger partial charge in [-0.15, -0.1) is 0 Å². The van der Waals surface area contributed by atoms with Gasteiger partial charge in [0.2, 0.25) is 0 Å². The lowest BCUT2D eigenvalue weighted by Gasteiger charge is -2.17. The van der Waals surface area contributed by atoms with E-state index in [2.05, 4.69) is 119 Å².